The van der Waals surface area contributed by atoms with Gasteiger partial charge in [0.2, 0.25) is 5.91 Å². The van der Waals surface area contributed by atoms with Gasteiger partial charge in [0.25, 0.3) is 0 Å². The zero-order chi connectivity index (χ0) is 19.2. The Labute approximate surface area is 166 Å². The van der Waals surface area contributed by atoms with Crippen molar-refractivity contribution in [2.45, 2.75) is 44.9 Å². The smallest absolute Gasteiger partial charge is 0.236 e. The van der Waals surface area contributed by atoms with Gasteiger partial charge in [0.1, 0.15) is 5.69 Å². The first-order valence-corrected chi connectivity index (χ1v) is 10.6. The van der Waals surface area contributed by atoms with E-state index in [4.69, 9.17) is 4.98 Å². The summed E-state index contributed by atoms with van der Waals surface area (Å²) in [6.07, 6.45) is 15.2. The Morgan fingerprint density at radius 2 is 1.96 bits per heavy atom. The Balaban J connectivity index is 1.33. The van der Waals surface area contributed by atoms with Crippen molar-refractivity contribution in [1.82, 2.24) is 29.7 Å². The van der Waals surface area contributed by atoms with E-state index in [-0.39, 0.29) is 0 Å². The van der Waals surface area contributed by atoms with Crippen LogP contribution in [0.1, 0.15) is 44.2 Å². The van der Waals surface area contributed by atoms with Gasteiger partial charge >= 0.3 is 0 Å². The molecule has 150 valence electrons. The number of imidazole rings is 1. The van der Waals surface area contributed by atoms with Gasteiger partial charge in [-0.15, -0.1) is 0 Å². The largest absolute Gasteiger partial charge is 0.343 e. The average molecular weight is 383 g/mol. The second kappa shape index (κ2) is 9.28. The first kappa shape index (κ1) is 19.1. The van der Waals surface area contributed by atoms with Gasteiger partial charge < -0.3 is 9.88 Å². The first-order chi connectivity index (χ1) is 13.8. The summed E-state index contributed by atoms with van der Waals surface area (Å²) in [7, 11) is 0. The van der Waals surface area contributed by atoms with E-state index in [9.17, 15) is 4.79 Å². The van der Waals surface area contributed by atoms with E-state index >= 15 is 0 Å². The maximum absolute atomic E-state index is 12.8. The van der Waals surface area contributed by atoms with E-state index < -0.39 is 0 Å². The summed E-state index contributed by atoms with van der Waals surface area (Å²) >= 11 is 0. The van der Waals surface area contributed by atoms with Crippen LogP contribution in [0.2, 0.25) is 0 Å². The van der Waals surface area contributed by atoms with Crippen LogP contribution in [0.25, 0.3) is 11.5 Å². The highest BCUT2D eigenvalue weighted by Crippen LogP contribution is 2.21. The molecule has 1 atom stereocenters. The van der Waals surface area contributed by atoms with Gasteiger partial charge in [0.15, 0.2) is 5.82 Å². The van der Waals surface area contributed by atoms with Crippen molar-refractivity contribution in [3.8, 4) is 11.5 Å². The molecule has 4 heterocycles. The second-order valence-corrected chi connectivity index (χ2v) is 8.08. The van der Waals surface area contributed by atoms with Crippen LogP contribution in [0.15, 0.2) is 24.8 Å². The average Bonchev–Trinajstić information content (AvgIpc) is 3.14. The van der Waals surface area contributed by atoms with Crippen molar-refractivity contribution in [2.75, 3.05) is 32.7 Å². The minimum absolute atomic E-state index is 0.294. The molecule has 2 aliphatic heterocycles. The zero-order valence-corrected chi connectivity index (χ0v) is 16.5. The lowest BCUT2D eigenvalue weighted by atomic mass is 9.93. The van der Waals surface area contributed by atoms with Crippen molar-refractivity contribution < 1.29 is 4.79 Å². The molecule has 2 fully saturated rings. The number of likely N-dealkylation sites (tertiary alicyclic amines) is 2. The molecule has 2 saturated heterocycles. The van der Waals surface area contributed by atoms with Gasteiger partial charge in [0, 0.05) is 31.7 Å². The summed E-state index contributed by atoms with van der Waals surface area (Å²) in [5, 5.41) is 0. The van der Waals surface area contributed by atoms with Gasteiger partial charge in [-0.05, 0) is 51.1 Å². The molecule has 1 N–H and O–H groups in total. The van der Waals surface area contributed by atoms with E-state index in [2.05, 4.69) is 24.8 Å². The highest BCUT2D eigenvalue weighted by molar-refractivity contribution is 5.78. The third-order valence-electron chi connectivity index (χ3n) is 5.85. The number of H-pyrrole nitrogens is 1. The van der Waals surface area contributed by atoms with Crippen molar-refractivity contribution in [3.05, 3.63) is 30.5 Å². The summed E-state index contributed by atoms with van der Waals surface area (Å²) in [5.74, 6) is 1.48. The fourth-order valence-electron chi connectivity index (χ4n) is 4.36. The number of nitrogens with zero attached hydrogens (tertiary/aromatic N) is 5. The predicted molar refractivity (Wildman–Crippen MR) is 108 cm³/mol. The third kappa shape index (κ3) is 4.95. The summed E-state index contributed by atoms with van der Waals surface area (Å²) in [5.41, 5.74) is 1.74. The standard InChI is InChI=1S/C21H30N6O/c28-20(16-26-9-3-1-2-4-10-26)27-11-5-6-17(15-27)12-18-13-22-14-19(25-18)21-23-7-8-24-21/h7-8,13-14,17H,1-6,9-12,15-16H2,(H,23,24). The van der Waals surface area contributed by atoms with Crippen molar-refractivity contribution in [2.24, 2.45) is 5.92 Å². The number of carbonyl (C=O) groups is 1. The maximum atomic E-state index is 12.8. The minimum atomic E-state index is 0.294. The maximum Gasteiger partial charge on any atom is 0.236 e. The van der Waals surface area contributed by atoms with Crippen LogP contribution in [0.5, 0.6) is 0 Å². The van der Waals surface area contributed by atoms with Gasteiger partial charge in [0.05, 0.1) is 18.4 Å². The highest BCUT2D eigenvalue weighted by Gasteiger charge is 2.25. The molecule has 0 aliphatic carbocycles. The fraction of sp³-hybridized carbons (Fsp3) is 0.619. The van der Waals surface area contributed by atoms with E-state index in [0.717, 1.165) is 62.7 Å². The molecular weight excluding hydrogens is 352 g/mol. The summed E-state index contributed by atoms with van der Waals surface area (Å²) in [4.78, 5) is 33.6. The van der Waals surface area contributed by atoms with Crippen LogP contribution >= 0.6 is 0 Å². The molecule has 0 spiro atoms. The van der Waals surface area contributed by atoms with Crippen LogP contribution in [-0.4, -0.2) is 68.4 Å². The Kier molecular flexibility index (Phi) is 6.31. The van der Waals surface area contributed by atoms with Crippen molar-refractivity contribution in [1.29, 1.82) is 0 Å². The number of aromatic nitrogens is 4. The number of carbonyl (C=O) groups excluding carboxylic acids is 1. The molecule has 0 radical (unpaired) electrons. The molecule has 0 saturated carbocycles. The molecule has 7 heteroatoms. The van der Waals surface area contributed by atoms with Gasteiger partial charge in [-0.1, -0.05) is 12.8 Å². The number of aromatic amines is 1. The second-order valence-electron chi connectivity index (χ2n) is 8.08. The molecule has 1 amide bonds. The highest BCUT2D eigenvalue weighted by atomic mass is 16.2. The molecule has 1 unspecified atom stereocenters. The number of nitrogens with one attached hydrogen (secondary N) is 1. The Bertz CT molecular complexity index is 754. The molecule has 4 rings (SSSR count). The monoisotopic (exact) mass is 382 g/mol. The minimum Gasteiger partial charge on any atom is -0.343 e. The van der Waals surface area contributed by atoms with Gasteiger partial charge in [-0.2, -0.15) is 0 Å². The molecule has 2 aromatic heterocycles. The molecular formula is C21H30N6O. The lowest BCUT2D eigenvalue weighted by Gasteiger charge is -2.34. The van der Waals surface area contributed by atoms with E-state index in [1.54, 1.807) is 18.6 Å². The summed E-state index contributed by atoms with van der Waals surface area (Å²) in [6.45, 7) is 4.44. The van der Waals surface area contributed by atoms with E-state index in [1.807, 2.05) is 6.20 Å². The predicted octanol–water partition coefficient (Wildman–Crippen LogP) is 2.52. The van der Waals surface area contributed by atoms with Crippen LogP contribution in [0, 0.1) is 5.92 Å². The fourth-order valence-corrected chi connectivity index (χ4v) is 4.36. The number of hydrogen-bond acceptors (Lipinski definition) is 5. The number of amides is 1. The molecule has 2 aliphatic rings. The number of piperidine rings is 1. The first-order valence-electron chi connectivity index (χ1n) is 10.6. The van der Waals surface area contributed by atoms with Crippen molar-refractivity contribution >= 4 is 5.91 Å². The lowest BCUT2D eigenvalue weighted by molar-refractivity contribution is -0.134. The quantitative estimate of drug-likeness (QED) is 0.860. The number of hydrogen-bond donors (Lipinski definition) is 1. The third-order valence-corrected chi connectivity index (χ3v) is 5.85. The summed E-state index contributed by atoms with van der Waals surface area (Å²) in [6, 6.07) is 0. The molecule has 2 aromatic rings. The van der Waals surface area contributed by atoms with Crippen LogP contribution in [-0.2, 0) is 11.2 Å². The van der Waals surface area contributed by atoms with Crippen LogP contribution < -0.4 is 0 Å². The lowest BCUT2D eigenvalue weighted by Crippen LogP contribution is -2.45. The molecule has 28 heavy (non-hydrogen) atoms. The number of rotatable bonds is 5. The topological polar surface area (TPSA) is 78.0 Å². The Morgan fingerprint density at radius 3 is 2.75 bits per heavy atom. The van der Waals surface area contributed by atoms with Crippen LogP contribution in [0.4, 0.5) is 0 Å². The molecule has 0 bridgehead atoms. The van der Waals surface area contributed by atoms with E-state index in [1.165, 1.54) is 25.7 Å². The Hall–Kier alpha value is -2.28. The normalized spacial score (nSPS) is 21.4. The van der Waals surface area contributed by atoms with Gasteiger partial charge in [-0.25, -0.2) is 9.97 Å². The summed E-state index contributed by atoms with van der Waals surface area (Å²) < 4.78 is 0. The van der Waals surface area contributed by atoms with Crippen molar-refractivity contribution in [3.63, 3.8) is 0 Å². The van der Waals surface area contributed by atoms with E-state index in [0.29, 0.717) is 18.4 Å². The Morgan fingerprint density at radius 1 is 1.11 bits per heavy atom. The molecule has 7 nitrogen and oxygen atoms in total. The van der Waals surface area contributed by atoms with Crippen LogP contribution in [0.3, 0.4) is 0 Å². The van der Waals surface area contributed by atoms with Gasteiger partial charge in [-0.3, -0.25) is 14.7 Å². The molecule has 0 aromatic carbocycles. The SMILES string of the molecule is O=C(CN1CCCCCC1)N1CCCC(Cc2cncc(-c3ncc[nH]3)n2)C1. The zero-order valence-electron chi connectivity index (χ0n) is 16.5.